The van der Waals surface area contributed by atoms with Gasteiger partial charge in [0.25, 0.3) is 5.91 Å². The molecule has 0 unspecified atom stereocenters. The quantitative estimate of drug-likeness (QED) is 0.346. The molecule has 0 spiro atoms. The third-order valence-corrected chi connectivity index (χ3v) is 7.89. The van der Waals surface area contributed by atoms with Crippen LogP contribution in [-0.4, -0.2) is 78.5 Å². The molecule has 1 aliphatic rings. The maximum absolute atomic E-state index is 13.3. The lowest BCUT2D eigenvalue weighted by molar-refractivity contribution is 0.0714. The Morgan fingerprint density at radius 1 is 1.21 bits per heavy atom. The predicted molar refractivity (Wildman–Crippen MR) is 141 cm³/mol. The molecule has 0 radical (unpaired) electrons. The number of fused-ring (bicyclic) bond motifs is 1. The molecule has 1 saturated heterocycles. The lowest BCUT2D eigenvalue weighted by Gasteiger charge is -2.35. The van der Waals surface area contributed by atoms with E-state index in [1.807, 2.05) is 37.4 Å². The van der Waals surface area contributed by atoms with Crippen molar-refractivity contribution in [1.82, 2.24) is 34.1 Å². The molecule has 0 aliphatic carbocycles. The van der Waals surface area contributed by atoms with Gasteiger partial charge in [-0.25, -0.2) is 12.9 Å². The van der Waals surface area contributed by atoms with Gasteiger partial charge in [0.1, 0.15) is 6.04 Å². The number of amides is 1. The van der Waals surface area contributed by atoms with Crippen molar-refractivity contribution in [1.29, 1.82) is 0 Å². The van der Waals surface area contributed by atoms with Crippen molar-refractivity contribution < 1.29 is 18.3 Å². The first kappa shape index (κ1) is 25.9. The van der Waals surface area contributed by atoms with Gasteiger partial charge in [-0.15, -0.1) is 10.2 Å². The molecule has 200 valence electrons. The average molecular weight is 539 g/mol. The maximum atomic E-state index is 13.3. The number of carbonyl (C=O) groups excluding carboxylic acids is 1. The van der Waals surface area contributed by atoms with E-state index in [1.165, 1.54) is 21.6 Å². The van der Waals surface area contributed by atoms with Crippen molar-refractivity contribution in [2.45, 2.75) is 45.3 Å². The number of anilines is 1. The standard InChI is InChI=1S/C25H30N8O4S/c1-16-5-6-18(23-28-30-33(29-23)19-14-31(15-19)38(4,36)37)12-21(16)27-24(34)20-13-26-32-10-8-17(11-22(20)32)7-9-25(2,3)35/h5-6,8,10-13,19,35H,7,9,14-15H2,1-4H3,(H,27,34). The summed E-state index contributed by atoms with van der Waals surface area (Å²) in [4.78, 5) is 14.7. The van der Waals surface area contributed by atoms with Crippen LogP contribution in [0.2, 0.25) is 0 Å². The molecule has 0 atom stereocenters. The average Bonchev–Trinajstić information content (AvgIpc) is 3.44. The first-order chi connectivity index (χ1) is 17.9. The summed E-state index contributed by atoms with van der Waals surface area (Å²) < 4.78 is 26.3. The van der Waals surface area contributed by atoms with Crippen LogP contribution in [0.25, 0.3) is 16.9 Å². The minimum Gasteiger partial charge on any atom is -0.390 e. The van der Waals surface area contributed by atoms with Gasteiger partial charge in [0.05, 0.1) is 29.1 Å². The third kappa shape index (κ3) is 5.44. The van der Waals surface area contributed by atoms with Crippen LogP contribution >= 0.6 is 0 Å². The van der Waals surface area contributed by atoms with Crippen LogP contribution in [0.15, 0.2) is 42.7 Å². The van der Waals surface area contributed by atoms with Crippen molar-refractivity contribution in [3.8, 4) is 11.4 Å². The predicted octanol–water partition coefficient (Wildman–Crippen LogP) is 2.07. The van der Waals surface area contributed by atoms with Gasteiger partial charge in [0.15, 0.2) is 0 Å². The molecule has 38 heavy (non-hydrogen) atoms. The van der Waals surface area contributed by atoms with Crippen LogP contribution in [0.5, 0.6) is 0 Å². The zero-order chi connectivity index (χ0) is 27.2. The van der Waals surface area contributed by atoms with E-state index in [4.69, 9.17) is 0 Å². The topological polar surface area (TPSA) is 148 Å². The van der Waals surface area contributed by atoms with Crippen LogP contribution in [0, 0.1) is 6.92 Å². The Bertz CT molecular complexity index is 1610. The van der Waals surface area contributed by atoms with Crippen LogP contribution in [0.3, 0.4) is 0 Å². The van der Waals surface area contributed by atoms with E-state index < -0.39 is 15.6 Å². The molecule has 5 rings (SSSR count). The second kappa shape index (κ2) is 9.57. The Morgan fingerprint density at radius 2 is 1.97 bits per heavy atom. The van der Waals surface area contributed by atoms with Crippen molar-refractivity contribution in [3.63, 3.8) is 0 Å². The summed E-state index contributed by atoms with van der Waals surface area (Å²) in [7, 11) is -3.23. The number of carbonyl (C=O) groups is 1. The highest BCUT2D eigenvalue weighted by atomic mass is 32.2. The van der Waals surface area contributed by atoms with Crippen molar-refractivity contribution in [2.24, 2.45) is 0 Å². The van der Waals surface area contributed by atoms with Crippen LogP contribution < -0.4 is 5.32 Å². The highest BCUT2D eigenvalue weighted by molar-refractivity contribution is 7.88. The molecule has 4 aromatic rings. The molecule has 0 bridgehead atoms. The Morgan fingerprint density at radius 3 is 2.68 bits per heavy atom. The Labute approximate surface area is 220 Å². The van der Waals surface area contributed by atoms with Gasteiger partial charge in [-0.1, -0.05) is 12.1 Å². The number of sulfonamides is 1. The summed E-state index contributed by atoms with van der Waals surface area (Å²) >= 11 is 0. The van der Waals surface area contributed by atoms with Crippen LogP contribution in [0.1, 0.15) is 47.8 Å². The molecule has 4 heterocycles. The molecular formula is C25H30N8O4S. The fraction of sp³-hybridized carbons (Fsp3) is 0.400. The Hall–Kier alpha value is -3.68. The van der Waals surface area contributed by atoms with E-state index in [0.29, 0.717) is 54.1 Å². The molecule has 1 aliphatic heterocycles. The number of tetrazole rings is 1. The molecule has 12 nitrogen and oxygen atoms in total. The number of aliphatic hydroxyl groups is 1. The molecule has 3 aromatic heterocycles. The summed E-state index contributed by atoms with van der Waals surface area (Å²) in [6.07, 6.45) is 5.79. The van der Waals surface area contributed by atoms with E-state index in [9.17, 15) is 18.3 Å². The molecule has 1 fully saturated rings. The Kier molecular flexibility index (Phi) is 6.53. The fourth-order valence-electron chi connectivity index (χ4n) is 4.22. The lowest BCUT2D eigenvalue weighted by atomic mass is 9.99. The summed E-state index contributed by atoms with van der Waals surface area (Å²) in [5, 5.41) is 30.0. The number of nitrogens with zero attached hydrogens (tertiary/aromatic N) is 7. The highest BCUT2D eigenvalue weighted by Crippen LogP contribution is 2.26. The first-order valence-corrected chi connectivity index (χ1v) is 14.1. The zero-order valence-corrected chi connectivity index (χ0v) is 22.5. The first-order valence-electron chi connectivity index (χ1n) is 12.2. The van der Waals surface area contributed by atoms with Crippen LogP contribution in [-0.2, 0) is 16.4 Å². The number of hydrogen-bond acceptors (Lipinski definition) is 8. The minimum atomic E-state index is -3.23. The number of benzene rings is 1. The maximum Gasteiger partial charge on any atom is 0.259 e. The molecule has 1 aromatic carbocycles. The normalized spacial score (nSPS) is 15.1. The lowest BCUT2D eigenvalue weighted by Crippen LogP contribution is -2.50. The smallest absolute Gasteiger partial charge is 0.259 e. The number of rotatable bonds is 8. The second-order valence-corrected chi connectivity index (χ2v) is 12.4. The molecule has 2 N–H and O–H groups in total. The monoisotopic (exact) mass is 538 g/mol. The largest absolute Gasteiger partial charge is 0.390 e. The summed E-state index contributed by atoms with van der Waals surface area (Å²) in [6, 6.07) is 9.19. The van der Waals surface area contributed by atoms with E-state index in [2.05, 4.69) is 25.8 Å². The summed E-state index contributed by atoms with van der Waals surface area (Å²) in [6.45, 7) is 6.06. The molecule has 1 amide bonds. The van der Waals surface area contributed by atoms with Crippen LogP contribution in [0.4, 0.5) is 5.69 Å². The van der Waals surface area contributed by atoms with Gasteiger partial charge in [-0.05, 0) is 68.2 Å². The van der Waals surface area contributed by atoms with Gasteiger partial charge < -0.3 is 10.4 Å². The number of aryl methyl sites for hydroxylation is 2. The van der Waals surface area contributed by atoms with E-state index in [0.717, 1.165) is 11.1 Å². The molecule has 13 heteroatoms. The zero-order valence-electron chi connectivity index (χ0n) is 21.7. The van der Waals surface area contributed by atoms with Crippen molar-refractivity contribution in [2.75, 3.05) is 24.7 Å². The Balaban J connectivity index is 1.33. The van der Waals surface area contributed by atoms with Crippen molar-refractivity contribution >= 4 is 27.1 Å². The van der Waals surface area contributed by atoms with Gasteiger partial charge in [0.2, 0.25) is 15.8 Å². The number of aromatic nitrogens is 6. The minimum absolute atomic E-state index is 0.167. The van der Waals surface area contributed by atoms with Gasteiger partial charge in [0, 0.05) is 30.5 Å². The van der Waals surface area contributed by atoms with E-state index >= 15 is 0 Å². The number of hydrogen-bond donors (Lipinski definition) is 2. The number of pyridine rings is 1. The highest BCUT2D eigenvalue weighted by Gasteiger charge is 2.36. The van der Waals surface area contributed by atoms with E-state index in [-0.39, 0.29) is 11.9 Å². The SMILES string of the molecule is Cc1ccc(-c2nnn(C3CN(S(C)(=O)=O)C3)n2)cc1NC(=O)c1cnn2ccc(CCC(C)(C)O)cc12. The fourth-order valence-corrected chi connectivity index (χ4v) is 5.11. The molecular weight excluding hydrogens is 508 g/mol. The molecule has 0 saturated carbocycles. The summed E-state index contributed by atoms with van der Waals surface area (Å²) in [5.41, 5.74) is 3.48. The van der Waals surface area contributed by atoms with Gasteiger partial charge in [-0.3, -0.25) is 4.79 Å². The number of nitrogens with one attached hydrogen (secondary N) is 1. The van der Waals surface area contributed by atoms with Gasteiger partial charge >= 0.3 is 0 Å². The second-order valence-electron chi connectivity index (χ2n) is 10.4. The van der Waals surface area contributed by atoms with Gasteiger partial charge in [-0.2, -0.15) is 14.2 Å². The van der Waals surface area contributed by atoms with E-state index in [1.54, 1.807) is 24.4 Å². The summed E-state index contributed by atoms with van der Waals surface area (Å²) in [5.74, 6) is 0.0811. The third-order valence-electron chi connectivity index (χ3n) is 6.65. The van der Waals surface area contributed by atoms with Crippen molar-refractivity contribution in [3.05, 3.63) is 59.4 Å².